The lowest BCUT2D eigenvalue weighted by Crippen LogP contribution is -2.31. The van der Waals surface area contributed by atoms with Gasteiger partial charge in [0, 0.05) is 11.1 Å². The summed E-state index contributed by atoms with van der Waals surface area (Å²) in [6.07, 6.45) is 7.48. The Hall–Kier alpha value is -1.83. The minimum Gasteiger partial charge on any atom is -0.305 e. The quantitative estimate of drug-likeness (QED) is 0.604. The number of benzene rings is 1. The Morgan fingerprint density at radius 3 is 2.36 bits per heavy atom. The lowest BCUT2D eigenvalue weighted by atomic mass is 9.82. The maximum Gasteiger partial charge on any atom is 0.0546 e. The van der Waals surface area contributed by atoms with E-state index in [1.165, 1.54) is 22.3 Å². The molecule has 1 aliphatic rings. The third kappa shape index (κ3) is 4.09. The molecule has 0 aromatic heterocycles. The van der Waals surface area contributed by atoms with Gasteiger partial charge in [-0.05, 0) is 49.3 Å². The van der Waals surface area contributed by atoms with Crippen LogP contribution in [0.15, 0.2) is 47.1 Å². The normalized spacial score (nSPS) is 15.9. The first-order chi connectivity index (χ1) is 10.2. The van der Waals surface area contributed by atoms with Crippen molar-refractivity contribution >= 4 is 11.8 Å². The molecular weight excluding hydrogens is 268 g/mol. The fourth-order valence-corrected chi connectivity index (χ4v) is 2.64. The Morgan fingerprint density at radius 1 is 1.05 bits per heavy atom. The highest BCUT2D eigenvalue weighted by atomic mass is 15.3. The summed E-state index contributed by atoms with van der Waals surface area (Å²) in [5, 5.41) is 4.41. The van der Waals surface area contributed by atoms with E-state index < -0.39 is 0 Å². The van der Waals surface area contributed by atoms with Crippen LogP contribution in [-0.4, -0.2) is 11.8 Å². The summed E-state index contributed by atoms with van der Waals surface area (Å²) in [5.74, 6) is 0. The van der Waals surface area contributed by atoms with Crippen molar-refractivity contribution in [2.24, 2.45) is 10.5 Å². The van der Waals surface area contributed by atoms with Gasteiger partial charge in [0.05, 0.1) is 6.21 Å². The summed E-state index contributed by atoms with van der Waals surface area (Å²) < 4.78 is 0. The van der Waals surface area contributed by atoms with Gasteiger partial charge in [-0.2, -0.15) is 5.10 Å². The van der Waals surface area contributed by atoms with E-state index in [2.05, 4.69) is 88.5 Å². The van der Waals surface area contributed by atoms with Crippen molar-refractivity contribution in [2.75, 3.05) is 0 Å². The Balaban J connectivity index is 2.38. The smallest absolute Gasteiger partial charge is 0.0546 e. The maximum atomic E-state index is 4.41. The number of rotatable bonds is 3. The first-order valence-electron chi connectivity index (χ1n) is 7.98. The van der Waals surface area contributed by atoms with Crippen LogP contribution in [0.5, 0.6) is 0 Å². The summed E-state index contributed by atoms with van der Waals surface area (Å²) in [5.41, 5.74) is 8.62. The highest BCUT2D eigenvalue weighted by Crippen LogP contribution is 2.39. The molecule has 0 amide bonds. The van der Waals surface area contributed by atoms with Crippen LogP contribution in [0.1, 0.15) is 59.1 Å². The van der Waals surface area contributed by atoms with E-state index in [-0.39, 0.29) is 11.0 Å². The van der Waals surface area contributed by atoms with E-state index in [0.717, 1.165) is 6.42 Å². The zero-order valence-electron chi connectivity index (χ0n) is 14.7. The van der Waals surface area contributed by atoms with E-state index in [0.29, 0.717) is 0 Å². The van der Waals surface area contributed by atoms with Gasteiger partial charge in [0.25, 0.3) is 0 Å². The van der Waals surface area contributed by atoms with Crippen molar-refractivity contribution in [1.82, 2.24) is 5.43 Å². The molecule has 0 saturated carbocycles. The second-order valence-corrected chi connectivity index (χ2v) is 7.96. The van der Waals surface area contributed by atoms with Crippen LogP contribution in [-0.2, 0) is 0 Å². The zero-order valence-corrected chi connectivity index (χ0v) is 14.7. The first kappa shape index (κ1) is 16.5. The van der Waals surface area contributed by atoms with Gasteiger partial charge in [0.15, 0.2) is 0 Å². The third-order valence-electron chi connectivity index (χ3n) is 3.63. The summed E-state index contributed by atoms with van der Waals surface area (Å²) in [6, 6.07) is 8.51. The second kappa shape index (κ2) is 6.12. The predicted octanol–water partition coefficient (Wildman–Crippen LogP) is 5.17. The van der Waals surface area contributed by atoms with E-state index in [9.17, 15) is 0 Å². The molecule has 1 aromatic carbocycles. The fourth-order valence-electron chi connectivity index (χ4n) is 2.64. The molecule has 0 aliphatic heterocycles. The topological polar surface area (TPSA) is 24.4 Å². The lowest BCUT2D eigenvalue weighted by molar-refractivity contribution is 0.442. The Bertz CT molecular complexity index is 620. The summed E-state index contributed by atoms with van der Waals surface area (Å²) in [4.78, 5) is 0. The van der Waals surface area contributed by atoms with Gasteiger partial charge in [-0.25, -0.2) is 0 Å². The molecule has 22 heavy (non-hydrogen) atoms. The van der Waals surface area contributed by atoms with Gasteiger partial charge < -0.3 is 5.43 Å². The molecule has 2 nitrogen and oxygen atoms in total. The van der Waals surface area contributed by atoms with Crippen LogP contribution in [0.2, 0.25) is 0 Å². The summed E-state index contributed by atoms with van der Waals surface area (Å²) in [6.45, 7) is 13.1. The van der Waals surface area contributed by atoms with E-state index >= 15 is 0 Å². The number of hydrazone groups is 1. The second-order valence-electron chi connectivity index (χ2n) is 7.96. The van der Waals surface area contributed by atoms with Crippen LogP contribution in [0, 0.1) is 5.41 Å². The van der Waals surface area contributed by atoms with E-state index in [1.807, 2.05) is 6.21 Å². The van der Waals surface area contributed by atoms with Crippen LogP contribution in [0.3, 0.4) is 0 Å². The molecule has 0 atom stereocenters. The standard InChI is InChI=1S/C20H28N2/c1-19(2,3)18-13-9-12-17(18)16-11-8-7-10-15(16)14-21-22-20(4,5)6/h7-11,13-14,22H,12H2,1-6H3/b21-14+. The molecule has 1 aromatic rings. The predicted molar refractivity (Wildman–Crippen MR) is 97.1 cm³/mol. The average Bonchev–Trinajstić information content (AvgIpc) is 2.87. The number of nitrogens with one attached hydrogen (secondary N) is 1. The van der Waals surface area contributed by atoms with Crippen molar-refractivity contribution in [3.05, 3.63) is 53.1 Å². The van der Waals surface area contributed by atoms with Crippen LogP contribution in [0.25, 0.3) is 5.57 Å². The third-order valence-corrected chi connectivity index (χ3v) is 3.63. The van der Waals surface area contributed by atoms with Crippen molar-refractivity contribution in [3.63, 3.8) is 0 Å². The van der Waals surface area contributed by atoms with Crippen LogP contribution >= 0.6 is 0 Å². The molecule has 1 aliphatic carbocycles. The number of allylic oxidation sites excluding steroid dienone is 4. The van der Waals surface area contributed by atoms with Crippen molar-refractivity contribution < 1.29 is 0 Å². The summed E-state index contributed by atoms with van der Waals surface area (Å²) >= 11 is 0. The van der Waals surface area contributed by atoms with Crippen LogP contribution in [0.4, 0.5) is 0 Å². The highest BCUT2D eigenvalue weighted by Gasteiger charge is 2.23. The Kier molecular flexibility index (Phi) is 4.60. The molecule has 1 N–H and O–H groups in total. The molecule has 0 unspecified atom stereocenters. The zero-order chi connectivity index (χ0) is 16.4. The SMILES string of the molecule is CC(C)(C)N/N=C/c1ccccc1C1=C(C(C)(C)C)C=CC1. The molecule has 0 bridgehead atoms. The fraction of sp³-hybridized carbons (Fsp3) is 0.450. The molecule has 118 valence electrons. The maximum absolute atomic E-state index is 4.41. The van der Waals surface area contributed by atoms with Gasteiger partial charge >= 0.3 is 0 Å². The van der Waals surface area contributed by atoms with Gasteiger partial charge in [0.1, 0.15) is 0 Å². The Morgan fingerprint density at radius 2 is 1.73 bits per heavy atom. The van der Waals surface area contributed by atoms with Gasteiger partial charge in [-0.3, -0.25) is 0 Å². The van der Waals surface area contributed by atoms with E-state index in [1.54, 1.807) is 0 Å². The largest absolute Gasteiger partial charge is 0.305 e. The molecule has 0 spiro atoms. The van der Waals surface area contributed by atoms with Gasteiger partial charge in [-0.15, -0.1) is 0 Å². The number of nitrogens with zero attached hydrogens (tertiary/aromatic N) is 1. The number of hydrogen-bond donors (Lipinski definition) is 1. The molecule has 0 fully saturated rings. The average molecular weight is 296 g/mol. The summed E-state index contributed by atoms with van der Waals surface area (Å²) in [7, 11) is 0. The number of hydrogen-bond acceptors (Lipinski definition) is 2. The Labute approximate surface area is 135 Å². The van der Waals surface area contributed by atoms with Crippen molar-refractivity contribution in [3.8, 4) is 0 Å². The monoisotopic (exact) mass is 296 g/mol. The minimum absolute atomic E-state index is 0.0177. The highest BCUT2D eigenvalue weighted by molar-refractivity contribution is 5.90. The van der Waals surface area contributed by atoms with E-state index in [4.69, 9.17) is 0 Å². The minimum atomic E-state index is -0.0177. The van der Waals surface area contributed by atoms with Crippen LogP contribution < -0.4 is 5.43 Å². The molecule has 0 saturated heterocycles. The molecule has 0 heterocycles. The molecule has 2 rings (SSSR count). The van der Waals surface area contributed by atoms with Crippen molar-refractivity contribution in [1.29, 1.82) is 0 Å². The lowest BCUT2D eigenvalue weighted by Gasteiger charge is -2.22. The van der Waals surface area contributed by atoms with Gasteiger partial charge in [-0.1, -0.05) is 57.2 Å². The van der Waals surface area contributed by atoms with Crippen molar-refractivity contribution in [2.45, 2.75) is 53.5 Å². The molecule has 0 radical (unpaired) electrons. The first-order valence-corrected chi connectivity index (χ1v) is 7.98. The van der Waals surface area contributed by atoms with Gasteiger partial charge in [0.2, 0.25) is 0 Å². The molecular formula is C20H28N2. The molecule has 2 heteroatoms.